The normalized spacial score (nSPS) is 20.9. The van der Waals surface area contributed by atoms with E-state index in [9.17, 15) is 19.2 Å². The number of nitrogens with one attached hydrogen (secondary N) is 3. The first kappa shape index (κ1) is 32.6. The minimum absolute atomic E-state index is 0.166. The van der Waals surface area contributed by atoms with Gasteiger partial charge in [0.05, 0.1) is 32.2 Å². The van der Waals surface area contributed by atoms with Gasteiger partial charge in [-0.2, -0.15) is 0 Å². The molecular formula is C33H44N4O7. The highest BCUT2D eigenvalue weighted by atomic mass is 16.5. The predicted molar refractivity (Wildman–Crippen MR) is 165 cm³/mol. The molecule has 11 nitrogen and oxygen atoms in total. The molecule has 3 N–H and O–H groups in total. The fourth-order valence-corrected chi connectivity index (χ4v) is 5.74. The number of para-hydroxylation sites is 1. The molecule has 0 spiro atoms. The van der Waals surface area contributed by atoms with Crippen molar-refractivity contribution in [3.63, 3.8) is 0 Å². The average molecular weight is 609 g/mol. The minimum Gasteiger partial charge on any atom is -0.493 e. The van der Waals surface area contributed by atoms with Crippen molar-refractivity contribution in [1.29, 1.82) is 0 Å². The zero-order valence-corrected chi connectivity index (χ0v) is 26.0. The van der Waals surface area contributed by atoms with Gasteiger partial charge in [0.25, 0.3) is 5.91 Å². The van der Waals surface area contributed by atoms with Gasteiger partial charge in [-0.25, -0.2) is 0 Å². The van der Waals surface area contributed by atoms with Crippen molar-refractivity contribution >= 4 is 23.6 Å². The van der Waals surface area contributed by atoms with Crippen LogP contribution in [0.15, 0.2) is 42.5 Å². The van der Waals surface area contributed by atoms with Gasteiger partial charge in [-0.1, -0.05) is 32.0 Å². The molecule has 44 heavy (non-hydrogen) atoms. The molecule has 2 aliphatic rings. The Hall–Kier alpha value is -4.28. The van der Waals surface area contributed by atoms with E-state index in [4.69, 9.17) is 14.2 Å². The lowest BCUT2D eigenvalue weighted by atomic mass is 10.0. The van der Waals surface area contributed by atoms with Gasteiger partial charge in [0.15, 0.2) is 11.5 Å². The Morgan fingerprint density at radius 1 is 1.07 bits per heavy atom. The summed E-state index contributed by atoms with van der Waals surface area (Å²) in [6.07, 6.45) is 2.92. The molecule has 0 saturated carbocycles. The number of aryl methyl sites for hydroxylation is 1. The number of ether oxygens (including phenoxy) is 3. The lowest BCUT2D eigenvalue weighted by Crippen LogP contribution is -2.53. The second-order valence-corrected chi connectivity index (χ2v) is 11.7. The van der Waals surface area contributed by atoms with E-state index in [1.807, 2.05) is 18.2 Å². The first-order valence-electron chi connectivity index (χ1n) is 15.3. The van der Waals surface area contributed by atoms with Gasteiger partial charge in [0, 0.05) is 13.1 Å². The molecule has 0 bridgehead atoms. The maximum Gasteiger partial charge on any atom is 0.255 e. The van der Waals surface area contributed by atoms with Gasteiger partial charge in [-0.15, -0.1) is 0 Å². The molecular weight excluding hydrogens is 564 g/mol. The van der Waals surface area contributed by atoms with E-state index in [0.717, 1.165) is 5.56 Å². The summed E-state index contributed by atoms with van der Waals surface area (Å²) >= 11 is 0. The van der Waals surface area contributed by atoms with E-state index in [2.05, 4.69) is 29.8 Å². The van der Waals surface area contributed by atoms with Crippen LogP contribution in [0.5, 0.6) is 17.2 Å². The monoisotopic (exact) mass is 608 g/mol. The molecule has 3 atom stereocenters. The number of carbonyl (C=O) groups excluding carboxylic acids is 4. The fourth-order valence-electron chi connectivity index (χ4n) is 5.74. The van der Waals surface area contributed by atoms with Crippen molar-refractivity contribution < 1.29 is 33.4 Å². The number of hydrogen-bond acceptors (Lipinski definition) is 7. The summed E-state index contributed by atoms with van der Waals surface area (Å²) in [5.41, 5.74) is 1.26. The van der Waals surface area contributed by atoms with Crippen LogP contribution in [0.4, 0.5) is 0 Å². The van der Waals surface area contributed by atoms with Crippen molar-refractivity contribution in [2.24, 2.45) is 5.92 Å². The highest BCUT2D eigenvalue weighted by Crippen LogP contribution is 2.28. The molecule has 1 saturated heterocycles. The van der Waals surface area contributed by atoms with E-state index >= 15 is 0 Å². The van der Waals surface area contributed by atoms with Crippen molar-refractivity contribution in [3.8, 4) is 17.2 Å². The Morgan fingerprint density at radius 3 is 2.59 bits per heavy atom. The van der Waals surface area contributed by atoms with E-state index in [1.165, 1.54) is 4.90 Å². The van der Waals surface area contributed by atoms with Gasteiger partial charge in [-0.05, 0) is 67.9 Å². The van der Waals surface area contributed by atoms with Crippen LogP contribution >= 0.6 is 0 Å². The molecule has 4 amide bonds. The van der Waals surface area contributed by atoms with Crippen molar-refractivity contribution in [2.75, 3.05) is 33.9 Å². The average Bonchev–Trinajstić information content (AvgIpc) is 3.51. The summed E-state index contributed by atoms with van der Waals surface area (Å²) in [4.78, 5) is 55.3. The number of nitrogens with zero attached hydrogens (tertiary/aromatic N) is 1. The maximum atomic E-state index is 13.5. The van der Waals surface area contributed by atoms with Gasteiger partial charge >= 0.3 is 0 Å². The lowest BCUT2D eigenvalue weighted by molar-refractivity contribution is -0.140. The Kier molecular flexibility index (Phi) is 11.5. The zero-order valence-electron chi connectivity index (χ0n) is 26.0. The van der Waals surface area contributed by atoms with Crippen LogP contribution in [-0.4, -0.2) is 80.6 Å². The van der Waals surface area contributed by atoms with E-state index in [1.54, 1.807) is 38.5 Å². The molecule has 238 valence electrons. The molecule has 11 heteroatoms. The highest BCUT2D eigenvalue weighted by molar-refractivity contribution is 6.01. The third kappa shape index (κ3) is 8.42. The maximum absolute atomic E-state index is 13.5. The molecule has 0 radical (unpaired) electrons. The Morgan fingerprint density at radius 2 is 1.84 bits per heavy atom. The summed E-state index contributed by atoms with van der Waals surface area (Å²) in [6, 6.07) is 10.4. The van der Waals surface area contributed by atoms with Crippen LogP contribution in [-0.2, 0) is 20.8 Å². The van der Waals surface area contributed by atoms with Crippen molar-refractivity contribution in [1.82, 2.24) is 20.9 Å². The van der Waals surface area contributed by atoms with E-state index < -0.39 is 23.9 Å². The Balaban J connectivity index is 1.50. The number of amides is 4. The van der Waals surface area contributed by atoms with Crippen LogP contribution in [0.25, 0.3) is 0 Å². The van der Waals surface area contributed by atoms with Gasteiger partial charge in [-0.3, -0.25) is 19.2 Å². The van der Waals surface area contributed by atoms with Gasteiger partial charge in [0.2, 0.25) is 17.7 Å². The largest absolute Gasteiger partial charge is 0.493 e. The number of hydrogen-bond donors (Lipinski definition) is 3. The quantitative estimate of drug-likeness (QED) is 0.373. The summed E-state index contributed by atoms with van der Waals surface area (Å²) in [5, 5.41) is 8.72. The molecule has 0 aliphatic carbocycles. The van der Waals surface area contributed by atoms with E-state index in [-0.39, 0.29) is 36.4 Å². The molecule has 0 unspecified atom stereocenters. The topological polar surface area (TPSA) is 135 Å². The molecule has 2 aliphatic heterocycles. The lowest BCUT2D eigenvalue weighted by Gasteiger charge is -2.29. The number of rotatable bonds is 9. The summed E-state index contributed by atoms with van der Waals surface area (Å²) in [7, 11) is 3.16. The summed E-state index contributed by atoms with van der Waals surface area (Å²) in [6.45, 7) is 5.04. The van der Waals surface area contributed by atoms with Crippen LogP contribution in [0.3, 0.4) is 0 Å². The van der Waals surface area contributed by atoms with Crippen LogP contribution in [0.2, 0.25) is 0 Å². The number of carbonyl (C=O) groups is 4. The molecule has 0 aromatic heterocycles. The third-order valence-electron chi connectivity index (χ3n) is 7.94. The predicted octanol–water partition coefficient (Wildman–Crippen LogP) is 2.86. The van der Waals surface area contributed by atoms with E-state index in [0.29, 0.717) is 68.4 Å². The molecule has 2 aromatic carbocycles. The highest BCUT2D eigenvalue weighted by Gasteiger charge is 2.37. The smallest absolute Gasteiger partial charge is 0.255 e. The fraction of sp³-hybridized carbons (Fsp3) is 0.515. The second kappa shape index (κ2) is 15.4. The zero-order chi connectivity index (χ0) is 31.6. The summed E-state index contributed by atoms with van der Waals surface area (Å²) in [5.74, 6) is 0.336. The second-order valence-electron chi connectivity index (χ2n) is 11.7. The molecule has 1 fully saturated rings. The molecule has 2 aromatic rings. The standard InChI is InChI=1S/C33H44N4O7/c1-21(2)17-23-20-44-27-12-6-5-10-24(27)31(39)36-25(19-30(38)37-16-8-11-26(37)33(41)35-23)32(40)34-15-7-9-22-13-14-28(42-3)29(18-22)43-4/h5-6,10,12-14,18,21,23,25-26H,7-9,11,15-17,19-20H2,1-4H3,(H,34,40)(H,35,41)(H,36,39)/t23-,25+,26+/m1/s1. The van der Waals surface area contributed by atoms with Crippen LogP contribution in [0.1, 0.15) is 61.9 Å². The first-order valence-corrected chi connectivity index (χ1v) is 15.3. The van der Waals surface area contributed by atoms with Crippen molar-refractivity contribution in [3.05, 3.63) is 53.6 Å². The first-order chi connectivity index (χ1) is 21.2. The SMILES string of the molecule is COc1ccc(CCCNC(=O)[C@@H]2CC(=O)N3CCC[C@H]3C(=O)N[C@H](CC(C)C)COc3ccccc3C(=O)N2)cc1OC. The van der Waals surface area contributed by atoms with Crippen LogP contribution < -0.4 is 30.2 Å². The molecule has 4 rings (SSSR count). The Labute approximate surface area is 259 Å². The van der Waals surface area contributed by atoms with Gasteiger partial charge in [0.1, 0.15) is 24.4 Å². The number of fused-ring (bicyclic) bond motifs is 2. The van der Waals surface area contributed by atoms with Crippen molar-refractivity contribution in [2.45, 2.75) is 70.5 Å². The Bertz CT molecular complexity index is 1330. The molecule has 2 heterocycles. The van der Waals surface area contributed by atoms with Gasteiger partial charge < -0.3 is 35.1 Å². The minimum atomic E-state index is -1.13. The number of methoxy groups -OCH3 is 2. The third-order valence-corrected chi connectivity index (χ3v) is 7.94. The summed E-state index contributed by atoms with van der Waals surface area (Å²) < 4.78 is 16.7. The number of benzene rings is 2. The van der Waals surface area contributed by atoms with Crippen LogP contribution in [0, 0.1) is 5.92 Å².